The number of carbonyl (C=O) groups excluding carboxylic acids is 3. The van der Waals surface area contributed by atoms with Gasteiger partial charge < -0.3 is 32.1 Å². The number of aliphatic carboxylic acids is 2. The summed E-state index contributed by atoms with van der Waals surface area (Å²) in [7, 11) is 0. The molecule has 0 unspecified atom stereocenters. The number of hydrogen-bond acceptors (Lipinski definition) is 8. The minimum absolute atomic E-state index is 0. The number of carboxylic acid groups (broad SMARTS) is 2. The van der Waals surface area contributed by atoms with Crippen molar-refractivity contribution in [1.29, 1.82) is 0 Å². The normalized spacial score (nSPS) is 8.70. The van der Waals surface area contributed by atoms with Crippen molar-refractivity contribution in [3.05, 3.63) is 0 Å². The van der Waals surface area contributed by atoms with E-state index in [4.69, 9.17) is 5.21 Å². The van der Waals surface area contributed by atoms with Gasteiger partial charge in [0.05, 0.1) is 11.9 Å². The molecule has 0 saturated heterocycles. The van der Waals surface area contributed by atoms with Crippen LogP contribution in [0.15, 0.2) is 0 Å². The Bertz CT molecular complexity index is 276. The molecule has 0 aliphatic carbocycles. The van der Waals surface area contributed by atoms with Crippen molar-refractivity contribution in [2.75, 3.05) is 0 Å². The maximum Gasteiger partial charge on any atom is 2.00 e. The summed E-state index contributed by atoms with van der Waals surface area (Å²) in [6.45, 7) is 0. The van der Waals surface area contributed by atoms with Crippen LogP contribution in [0.4, 0.5) is 0 Å². The Kier molecular flexibility index (Phi) is 21.9. The van der Waals surface area contributed by atoms with Crippen LogP contribution in [-0.4, -0.2) is 23.1 Å². The Morgan fingerprint density at radius 1 is 0.950 bits per heavy atom. The van der Waals surface area contributed by atoms with E-state index >= 15 is 0 Å². The first-order chi connectivity index (χ1) is 7.99. The molecule has 122 valence electrons. The molecule has 0 radical (unpaired) electrons. The fourth-order valence-corrected chi connectivity index (χ4v) is 1.38. The summed E-state index contributed by atoms with van der Waals surface area (Å²) in [5.41, 5.74) is 1.49. The van der Waals surface area contributed by atoms with Crippen molar-refractivity contribution >= 4 is 17.8 Å². The van der Waals surface area contributed by atoms with E-state index < -0.39 is 23.8 Å². The summed E-state index contributed by atoms with van der Waals surface area (Å²) in [5, 5.41) is 28.9. The molecule has 0 aromatic rings. The molecular weight excluding hydrogens is 453 g/mol. The number of carboxylic acids is 2. The van der Waals surface area contributed by atoms with Crippen molar-refractivity contribution in [3.8, 4) is 0 Å². The van der Waals surface area contributed by atoms with Gasteiger partial charge in [0.1, 0.15) is 0 Å². The van der Waals surface area contributed by atoms with Gasteiger partial charge in [0.25, 0.3) is 0 Å². The fraction of sp³-hybridized carbons (Fsp3) is 0.700. The fourth-order valence-electron chi connectivity index (χ4n) is 1.38. The Morgan fingerprint density at radius 3 is 1.80 bits per heavy atom. The van der Waals surface area contributed by atoms with Gasteiger partial charge in [0, 0.05) is 12.3 Å². The standard InChI is InChI=1S/C10H17NO6.2H3N.Pt/c12-8(11-17)6-4-2-1-3-5-7(9(13)14)10(15)16;;;/h7,17H,1-6H2,(H,11,12)(H,13,14)(H,15,16);2*1H3;/q;;;+2/p-2. The van der Waals surface area contributed by atoms with E-state index in [9.17, 15) is 24.6 Å². The summed E-state index contributed by atoms with van der Waals surface area (Å²) < 4.78 is 0. The topological polar surface area (TPSA) is 200 Å². The number of rotatable bonds is 9. The van der Waals surface area contributed by atoms with Gasteiger partial charge in [-0.1, -0.05) is 19.3 Å². The number of hydrogen-bond donors (Lipinski definition) is 4. The molecule has 0 aromatic heterocycles. The third kappa shape index (κ3) is 13.4. The number of amides is 1. The molecule has 0 bridgehead atoms. The summed E-state index contributed by atoms with van der Waals surface area (Å²) in [5.74, 6) is -5.32. The zero-order chi connectivity index (χ0) is 13.3. The van der Waals surface area contributed by atoms with Crippen LogP contribution in [0.1, 0.15) is 38.5 Å². The van der Waals surface area contributed by atoms with Crippen LogP contribution in [0.2, 0.25) is 0 Å². The van der Waals surface area contributed by atoms with Gasteiger partial charge >= 0.3 is 21.1 Å². The number of unbranched alkanes of at least 4 members (excludes halogenated alkanes) is 3. The third-order valence-electron chi connectivity index (χ3n) is 2.34. The third-order valence-corrected chi connectivity index (χ3v) is 2.34. The van der Waals surface area contributed by atoms with Gasteiger partial charge in [-0.05, 0) is 12.8 Å². The molecule has 0 aromatic carbocycles. The molecule has 0 atom stereocenters. The minimum atomic E-state index is -1.63. The molecule has 0 aliphatic rings. The van der Waals surface area contributed by atoms with Gasteiger partial charge in [-0.25, -0.2) is 5.48 Å². The average Bonchev–Trinajstić information content (AvgIpc) is 2.26. The van der Waals surface area contributed by atoms with Crippen molar-refractivity contribution in [3.63, 3.8) is 0 Å². The summed E-state index contributed by atoms with van der Waals surface area (Å²) >= 11 is 0. The van der Waals surface area contributed by atoms with Crippen molar-refractivity contribution in [2.24, 2.45) is 5.92 Å². The van der Waals surface area contributed by atoms with Gasteiger partial charge in [0.2, 0.25) is 5.91 Å². The molecule has 0 aliphatic heterocycles. The zero-order valence-corrected chi connectivity index (χ0v) is 13.3. The van der Waals surface area contributed by atoms with Gasteiger partial charge in [0.15, 0.2) is 0 Å². The number of nitrogens with one attached hydrogen (secondary N) is 1. The second-order valence-corrected chi connectivity index (χ2v) is 3.68. The van der Waals surface area contributed by atoms with Crippen LogP contribution in [0.5, 0.6) is 0 Å². The average molecular weight is 474 g/mol. The Labute approximate surface area is 131 Å². The molecule has 0 saturated carbocycles. The SMILES string of the molecule is N.N.O=C(CCCCCCC(C(=O)[O-])C(=O)[O-])NO.[Pt+2]. The van der Waals surface area contributed by atoms with E-state index in [0.29, 0.717) is 25.7 Å². The first kappa shape index (κ1) is 27.3. The van der Waals surface area contributed by atoms with E-state index in [1.54, 1.807) is 0 Å². The van der Waals surface area contributed by atoms with Crippen LogP contribution in [0, 0.1) is 5.92 Å². The van der Waals surface area contributed by atoms with E-state index in [2.05, 4.69) is 0 Å². The molecule has 10 heteroatoms. The second kappa shape index (κ2) is 16.0. The minimum Gasteiger partial charge on any atom is -0.549 e. The molecule has 8 N–H and O–H groups in total. The maximum atomic E-state index is 10.6. The molecule has 0 heterocycles. The van der Waals surface area contributed by atoms with E-state index in [1.165, 1.54) is 5.48 Å². The van der Waals surface area contributed by atoms with Gasteiger partial charge in [-0.15, -0.1) is 0 Å². The van der Waals surface area contributed by atoms with Crippen molar-refractivity contribution < 1.29 is 50.9 Å². The Balaban J connectivity index is -0.000000427. The summed E-state index contributed by atoms with van der Waals surface area (Å²) in [4.78, 5) is 31.4. The van der Waals surface area contributed by atoms with Crippen LogP contribution >= 0.6 is 0 Å². The van der Waals surface area contributed by atoms with Crippen LogP contribution < -0.4 is 28.0 Å². The summed E-state index contributed by atoms with van der Waals surface area (Å²) in [6, 6.07) is 0. The van der Waals surface area contributed by atoms with Crippen LogP contribution in [-0.2, 0) is 35.4 Å². The molecule has 9 nitrogen and oxygen atoms in total. The van der Waals surface area contributed by atoms with Crippen molar-refractivity contribution in [1.82, 2.24) is 17.8 Å². The largest absolute Gasteiger partial charge is 2.00 e. The second-order valence-electron chi connectivity index (χ2n) is 3.68. The van der Waals surface area contributed by atoms with Gasteiger partial charge in [-0.3, -0.25) is 10.0 Å². The number of hydroxylamine groups is 1. The quantitative estimate of drug-likeness (QED) is 0.131. The molecule has 0 spiro atoms. The smallest absolute Gasteiger partial charge is 0.549 e. The van der Waals surface area contributed by atoms with Crippen LogP contribution in [0.3, 0.4) is 0 Å². The predicted molar refractivity (Wildman–Crippen MR) is 61.2 cm³/mol. The number of carbonyl (C=O) groups is 3. The van der Waals surface area contributed by atoms with E-state index in [0.717, 1.165) is 0 Å². The predicted octanol–water partition coefficient (Wildman–Crippen LogP) is -1.73. The van der Waals surface area contributed by atoms with Crippen molar-refractivity contribution in [2.45, 2.75) is 38.5 Å². The first-order valence-corrected chi connectivity index (χ1v) is 5.33. The Hall–Kier alpha value is -1.02. The first-order valence-electron chi connectivity index (χ1n) is 5.33. The van der Waals surface area contributed by atoms with Gasteiger partial charge in [-0.2, -0.15) is 0 Å². The molecule has 20 heavy (non-hydrogen) atoms. The van der Waals surface area contributed by atoms with Crippen LogP contribution in [0.25, 0.3) is 0 Å². The molecule has 1 amide bonds. The zero-order valence-electron chi connectivity index (χ0n) is 11.0. The summed E-state index contributed by atoms with van der Waals surface area (Å²) in [6.07, 6.45) is 2.37. The Morgan fingerprint density at radius 2 is 1.40 bits per heavy atom. The van der Waals surface area contributed by atoms with E-state index in [-0.39, 0.29) is 46.2 Å². The molecule has 0 rings (SSSR count). The molecule has 0 fully saturated rings. The molecular formula is C10H21N3O6Pt. The van der Waals surface area contributed by atoms with E-state index in [1.807, 2.05) is 0 Å². The maximum absolute atomic E-state index is 10.6. The monoisotopic (exact) mass is 474 g/mol.